The highest BCUT2D eigenvalue weighted by Crippen LogP contribution is 2.21. The van der Waals surface area contributed by atoms with E-state index in [-0.39, 0.29) is 30.3 Å². The minimum Gasteiger partial charge on any atom is -0.507 e. The van der Waals surface area contributed by atoms with Crippen LogP contribution in [0.25, 0.3) is 0 Å². The number of hydrogen-bond acceptors (Lipinski definition) is 6. The number of aromatic hydroxyl groups is 1. The highest BCUT2D eigenvalue weighted by molar-refractivity contribution is 5.94. The molecule has 45 heavy (non-hydrogen) atoms. The van der Waals surface area contributed by atoms with Crippen molar-refractivity contribution >= 4 is 23.7 Å². The van der Waals surface area contributed by atoms with Crippen molar-refractivity contribution in [1.29, 1.82) is 0 Å². The fraction of sp³-hybridized carbons (Fsp3) is 0.417. The summed E-state index contributed by atoms with van der Waals surface area (Å²) in [7, 11) is 0. The Hall–Kier alpha value is -4.37. The van der Waals surface area contributed by atoms with E-state index in [2.05, 4.69) is 90.5 Å². The van der Waals surface area contributed by atoms with Crippen molar-refractivity contribution in [3.05, 3.63) is 96.7 Å². The Balaban J connectivity index is 2.10. The highest BCUT2D eigenvalue weighted by Gasteiger charge is 2.16. The van der Waals surface area contributed by atoms with Gasteiger partial charge in [0.1, 0.15) is 24.0 Å². The van der Waals surface area contributed by atoms with Crippen LogP contribution in [0.5, 0.6) is 5.75 Å². The van der Waals surface area contributed by atoms with Crippen LogP contribution in [0.2, 0.25) is 0 Å². The molecule has 0 saturated carbocycles. The van der Waals surface area contributed by atoms with E-state index in [0.717, 1.165) is 63.5 Å². The molecule has 0 aromatic heterocycles. The Morgan fingerprint density at radius 3 is 1.89 bits per heavy atom. The van der Waals surface area contributed by atoms with Gasteiger partial charge in [-0.15, -0.1) is 0 Å². The van der Waals surface area contributed by atoms with Crippen LogP contribution >= 0.6 is 0 Å². The van der Waals surface area contributed by atoms with E-state index >= 15 is 0 Å². The van der Waals surface area contributed by atoms with Gasteiger partial charge in [0.15, 0.2) is 0 Å². The predicted molar refractivity (Wildman–Crippen MR) is 181 cm³/mol. The molecule has 0 saturated heterocycles. The molecule has 0 spiro atoms. The molecule has 9 nitrogen and oxygen atoms in total. The van der Waals surface area contributed by atoms with Crippen LogP contribution in [0.15, 0.2) is 91.1 Å². The van der Waals surface area contributed by atoms with Crippen LogP contribution in [0.4, 0.5) is 10.5 Å². The van der Waals surface area contributed by atoms with E-state index in [1.165, 1.54) is 6.07 Å². The second-order valence-corrected chi connectivity index (χ2v) is 9.91. The molecular formula is C36H50N2O7. The summed E-state index contributed by atoms with van der Waals surface area (Å²) in [5.74, 6) is -2.01. The largest absolute Gasteiger partial charge is 0.507 e. The summed E-state index contributed by atoms with van der Waals surface area (Å²) < 4.78 is 10.7. The first-order valence-corrected chi connectivity index (χ1v) is 15.7. The number of unbranched alkanes of at least 4 members (excludes halogenated alkanes) is 1. The molecule has 1 atom stereocenters. The maximum Gasteiger partial charge on any atom is 0.411 e. The number of anilines is 1. The number of carbonyl (C=O) groups is 3. The van der Waals surface area contributed by atoms with Crippen molar-refractivity contribution < 1.29 is 34.1 Å². The smallest absolute Gasteiger partial charge is 0.411 e. The van der Waals surface area contributed by atoms with E-state index in [9.17, 15) is 19.5 Å². The van der Waals surface area contributed by atoms with Crippen molar-refractivity contribution in [2.45, 2.75) is 77.7 Å². The normalized spacial score (nSPS) is 12.8. The first-order chi connectivity index (χ1) is 21.9. The summed E-state index contributed by atoms with van der Waals surface area (Å²) in [5, 5.41) is 23.6. The average molecular weight is 623 g/mol. The number of aromatic carboxylic acids is 1. The molecule has 0 radical (unpaired) electrons. The van der Waals surface area contributed by atoms with Gasteiger partial charge in [-0.2, -0.15) is 0 Å². The first-order valence-electron chi connectivity index (χ1n) is 15.7. The van der Waals surface area contributed by atoms with Crippen molar-refractivity contribution in [1.82, 2.24) is 5.32 Å². The average Bonchev–Trinajstić information content (AvgIpc) is 3.02. The van der Waals surface area contributed by atoms with Gasteiger partial charge in [0.05, 0.1) is 6.54 Å². The van der Waals surface area contributed by atoms with Crippen molar-refractivity contribution in [3.63, 3.8) is 0 Å². The zero-order valence-corrected chi connectivity index (χ0v) is 26.7. The fourth-order valence-corrected chi connectivity index (χ4v) is 3.82. The Labute approximate surface area is 268 Å². The number of carboxylic acids is 1. The zero-order chi connectivity index (χ0) is 33.0. The number of carbonyl (C=O) groups excluding carboxylic acids is 2. The number of nitrogens with one attached hydrogen (secondary N) is 2. The number of allylic oxidation sites excluding steroid dienone is 12. The van der Waals surface area contributed by atoms with Crippen LogP contribution in [0, 0.1) is 0 Å². The van der Waals surface area contributed by atoms with Gasteiger partial charge >= 0.3 is 12.1 Å². The lowest BCUT2D eigenvalue weighted by atomic mass is 10.2. The van der Waals surface area contributed by atoms with Crippen molar-refractivity contribution in [3.8, 4) is 5.75 Å². The van der Waals surface area contributed by atoms with Gasteiger partial charge in [-0.05, 0) is 76.0 Å². The maximum atomic E-state index is 12.4. The van der Waals surface area contributed by atoms with Crippen LogP contribution in [0.3, 0.4) is 0 Å². The zero-order valence-electron chi connectivity index (χ0n) is 26.7. The predicted octanol–water partition coefficient (Wildman–Crippen LogP) is 8.03. The van der Waals surface area contributed by atoms with E-state index in [4.69, 9.17) is 14.6 Å². The van der Waals surface area contributed by atoms with Crippen LogP contribution in [-0.4, -0.2) is 54.0 Å². The Morgan fingerprint density at radius 2 is 1.36 bits per heavy atom. The van der Waals surface area contributed by atoms with Gasteiger partial charge in [-0.1, -0.05) is 86.8 Å². The minimum absolute atomic E-state index is 0.0828. The van der Waals surface area contributed by atoms with Gasteiger partial charge in [-0.25, -0.2) is 9.59 Å². The minimum atomic E-state index is -1.33. The van der Waals surface area contributed by atoms with Crippen LogP contribution < -0.4 is 10.6 Å². The summed E-state index contributed by atoms with van der Waals surface area (Å²) in [6.45, 7) is 4.48. The quantitative estimate of drug-likeness (QED) is 0.0551. The van der Waals surface area contributed by atoms with E-state index in [1.54, 1.807) is 0 Å². The van der Waals surface area contributed by atoms with Crippen LogP contribution in [-0.2, 0) is 14.3 Å². The second kappa shape index (κ2) is 26.1. The number of carboxylic acid groups (broad SMARTS) is 1. The summed E-state index contributed by atoms with van der Waals surface area (Å²) >= 11 is 0. The van der Waals surface area contributed by atoms with Gasteiger partial charge in [0.25, 0.3) is 0 Å². The maximum absolute atomic E-state index is 12.4. The molecule has 4 N–H and O–H groups in total. The summed E-state index contributed by atoms with van der Waals surface area (Å²) in [6.07, 6.45) is 32.7. The molecule has 0 aliphatic carbocycles. The molecule has 9 heteroatoms. The van der Waals surface area contributed by atoms with Gasteiger partial charge in [-0.3, -0.25) is 10.1 Å². The second-order valence-electron chi connectivity index (χ2n) is 9.91. The van der Waals surface area contributed by atoms with E-state index in [1.807, 2.05) is 6.92 Å². The standard InChI is InChI=1S/C36H50N2O7/c1-3-5-6-7-8-9-10-11-12-13-14-15-16-17-18-19-20-21-22-23-27-44-33(4-2)34(40)37-26-28-45-36(43)38-30-24-25-32(39)31(29-30)35(41)42/h5-6,8-9,11-12,14-15,17-18,20-21,24-25,29,33,39H,3-4,7,10,13,16,19,22-23,26-28H2,1-2H3,(H,37,40)(H,38,43)(H,41,42)/b6-5-,9-8-,12-11-,15-14-,18-17-,21-20-. The molecule has 2 amide bonds. The fourth-order valence-electron chi connectivity index (χ4n) is 3.82. The number of benzene rings is 1. The van der Waals surface area contributed by atoms with Crippen molar-refractivity contribution in [2.24, 2.45) is 0 Å². The third-order valence-corrected chi connectivity index (χ3v) is 6.20. The number of hydrogen-bond donors (Lipinski definition) is 4. The molecule has 0 heterocycles. The van der Waals surface area contributed by atoms with E-state index < -0.39 is 23.9 Å². The summed E-state index contributed by atoms with van der Waals surface area (Å²) in [6, 6.07) is 3.62. The molecule has 1 unspecified atom stereocenters. The Morgan fingerprint density at radius 1 is 0.800 bits per heavy atom. The number of rotatable bonds is 23. The molecule has 246 valence electrons. The lowest BCUT2D eigenvalue weighted by Crippen LogP contribution is -2.38. The summed E-state index contributed by atoms with van der Waals surface area (Å²) in [5.41, 5.74) is -0.189. The molecule has 0 fully saturated rings. The lowest BCUT2D eigenvalue weighted by molar-refractivity contribution is -0.133. The van der Waals surface area contributed by atoms with Crippen LogP contribution in [0.1, 0.15) is 82.0 Å². The molecule has 0 aliphatic heterocycles. The number of amides is 2. The molecule has 1 aromatic rings. The number of ether oxygens (including phenoxy) is 2. The molecule has 0 aliphatic rings. The van der Waals surface area contributed by atoms with Gasteiger partial charge in [0.2, 0.25) is 5.91 Å². The lowest BCUT2D eigenvalue weighted by Gasteiger charge is -2.16. The van der Waals surface area contributed by atoms with Gasteiger partial charge < -0.3 is 25.0 Å². The van der Waals surface area contributed by atoms with Crippen molar-refractivity contribution in [2.75, 3.05) is 25.1 Å². The van der Waals surface area contributed by atoms with Gasteiger partial charge in [0, 0.05) is 12.3 Å². The monoisotopic (exact) mass is 622 g/mol. The SMILES string of the molecule is CC/C=C\C/C=C\C/C=C\C/C=C\C/C=C\C/C=C\CCCOC(CC)C(=O)NCCOC(=O)Nc1ccc(O)c(C(=O)O)c1. The number of phenols is 1. The summed E-state index contributed by atoms with van der Waals surface area (Å²) in [4.78, 5) is 35.4. The third kappa shape index (κ3) is 20.3. The molecule has 1 aromatic carbocycles. The Bertz CT molecular complexity index is 1180. The molecule has 1 rings (SSSR count). The topological polar surface area (TPSA) is 134 Å². The third-order valence-electron chi connectivity index (χ3n) is 6.20. The Kier molecular flexibility index (Phi) is 22.4. The molecule has 0 bridgehead atoms. The first kappa shape index (κ1) is 38.7. The van der Waals surface area contributed by atoms with E-state index in [0.29, 0.717) is 13.0 Å². The molecular weight excluding hydrogens is 572 g/mol. The highest BCUT2D eigenvalue weighted by atomic mass is 16.5.